The Morgan fingerprint density at radius 2 is 1.84 bits per heavy atom. The zero-order valence-corrected chi connectivity index (χ0v) is 9.37. The van der Waals surface area contributed by atoms with Crippen molar-refractivity contribution in [2.75, 3.05) is 0 Å². The van der Waals surface area contributed by atoms with E-state index in [4.69, 9.17) is 5.26 Å². The molecule has 0 radical (unpaired) electrons. The number of benzene rings is 1. The largest absolute Gasteiger partial charge is 0.417 e. The smallest absolute Gasteiger partial charge is 0.242 e. The van der Waals surface area contributed by atoms with E-state index < -0.39 is 23.3 Å². The summed E-state index contributed by atoms with van der Waals surface area (Å²) in [6.07, 6.45) is -3.49. The Morgan fingerprint density at radius 1 is 1.16 bits per heavy atom. The second-order valence-electron chi connectivity index (χ2n) is 3.71. The quantitative estimate of drug-likeness (QED) is 0.736. The van der Waals surface area contributed by atoms with Crippen molar-refractivity contribution in [1.29, 1.82) is 5.26 Å². The predicted molar refractivity (Wildman–Crippen MR) is 59.3 cm³/mol. The van der Waals surface area contributed by atoms with Crippen molar-refractivity contribution in [2.45, 2.75) is 6.18 Å². The van der Waals surface area contributed by atoms with Crippen molar-refractivity contribution in [1.82, 2.24) is 4.98 Å². The number of rotatable bonds is 1. The topological polar surface area (TPSA) is 36.7 Å². The lowest BCUT2D eigenvalue weighted by Crippen LogP contribution is -2.07. The maximum Gasteiger partial charge on any atom is 0.417 e. The third kappa shape index (κ3) is 2.55. The number of aromatic nitrogens is 1. The van der Waals surface area contributed by atoms with Crippen LogP contribution in [-0.2, 0) is 6.18 Å². The van der Waals surface area contributed by atoms with Crippen LogP contribution in [0.25, 0.3) is 11.1 Å². The standard InChI is InChI=1S/C13H6F4N2/c14-11-5-8(7-19-12(11)6-18)9-3-1-2-4-10(9)13(15,16)17/h1-5,7H. The SMILES string of the molecule is N#Cc1ncc(-c2ccccc2C(F)(F)F)cc1F. The van der Waals surface area contributed by atoms with Crippen molar-refractivity contribution < 1.29 is 17.6 Å². The van der Waals surface area contributed by atoms with Gasteiger partial charge in [-0.3, -0.25) is 0 Å². The predicted octanol–water partition coefficient (Wildman–Crippen LogP) is 3.78. The van der Waals surface area contributed by atoms with Gasteiger partial charge in [-0.15, -0.1) is 0 Å². The Kier molecular flexibility index (Phi) is 3.21. The van der Waals surface area contributed by atoms with E-state index in [0.717, 1.165) is 18.3 Å². The van der Waals surface area contributed by atoms with Crippen LogP contribution in [0.2, 0.25) is 0 Å². The van der Waals surface area contributed by atoms with Crippen LogP contribution < -0.4 is 0 Å². The molecule has 2 rings (SSSR count). The summed E-state index contributed by atoms with van der Waals surface area (Å²) in [4.78, 5) is 3.49. The molecule has 1 aromatic carbocycles. The first-order valence-corrected chi connectivity index (χ1v) is 5.15. The van der Waals surface area contributed by atoms with Gasteiger partial charge in [0.2, 0.25) is 0 Å². The van der Waals surface area contributed by atoms with E-state index >= 15 is 0 Å². The van der Waals surface area contributed by atoms with Crippen LogP contribution in [-0.4, -0.2) is 4.98 Å². The number of hydrogen-bond donors (Lipinski definition) is 0. The van der Waals surface area contributed by atoms with E-state index in [1.165, 1.54) is 24.3 Å². The number of hydrogen-bond acceptors (Lipinski definition) is 2. The lowest BCUT2D eigenvalue weighted by molar-refractivity contribution is -0.137. The fourth-order valence-electron chi connectivity index (χ4n) is 1.65. The zero-order chi connectivity index (χ0) is 14.0. The third-order valence-electron chi connectivity index (χ3n) is 2.49. The van der Waals surface area contributed by atoms with Gasteiger partial charge in [0.1, 0.15) is 6.07 Å². The highest BCUT2D eigenvalue weighted by molar-refractivity contribution is 5.67. The highest BCUT2D eigenvalue weighted by atomic mass is 19.4. The molecule has 0 aliphatic carbocycles. The second kappa shape index (κ2) is 4.69. The molecule has 6 heteroatoms. The maximum absolute atomic E-state index is 13.4. The minimum absolute atomic E-state index is 0.0237. The monoisotopic (exact) mass is 266 g/mol. The number of nitriles is 1. The van der Waals surface area contributed by atoms with Crippen molar-refractivity contribution in [3.63, 3.8) is 0 Å². The number of halogens is 4. The van der Waals surface area contributed by atoms with E-state index in [2.05, 4.69) is 4.98 Å². The van der Waals surface area contributed by atoms with Crippen LogP contribution in [0.15, 0.2) is 36.5 Å². The van der Waals surface area contributed by atoms with E-state index in [-0.39, 0.29) is 11.1 Å². The summed E-state index contributed by atoms with van der Waals surface area (Å²) in [6.45, 7) is 0. The van der Waals surface area contributed by atoms with Gasteiger partial charge in [-0.25, -0.2) is 9.37 Å². The van der Waals surface area contributed by atoms with E-state index in [9.17, 15) is 17.6 Å². The van der Waals surface area contributed by atoms with Crippen molar-refractivity contribution in [2.24, 2.45) is 0 Å². The summed E-state index contributed by atoms with van der Waals surface area (Å²) in [5.74, 6) is -0.947. The number of nitrogens with zero attached hydrogens (tertiary/aromatic N) is 2. The number of pyridine rings is 1. The van der Waals surface area contributed by atoms with Crippen LogP contribution >= 0.6 is 0 Å². The summed E-state index contributed by atoms with van der Waals surface area (Å²) < 4.78 is 51.8. The van der Waals surface area contributed by atoms with Crippen LogP contribution in [0.1, 0.15) is 11.3 Å². The molecule has 0 N–H and O–H groups in total. The summed E-state index contributed by atoms with van der Waals surface area (Å²) in [6, 6.07) is 7.18. The highest BCUT2D eigenvalue weighted by Gasteiger charge is 2.33. The Morgan fingerprint density at radius 3 is 2.42 bits per heavy atom. The molecule has 0 aliphatic heterocycles. The molecule has 2 aromatic rings. The van der Waals surface area contributed by atoms with Gasteiger partial charge in [-0.2, -0.15) is 18.4 Å². The van der Waals surface area contributed by atoms with Crippen LogP contribution in [0.4, 0.5) is 17.6 Å². The molecular formula is C13H6F4N2. The molecule has 0 amide bonds. The molecule has 1 aromatic heterocycles. The van der Waals surface area contributed by atoms with Crippen LogP contribution in [0.5, 0.6) is 0 Å². The average Bonchev–Trinajstić information content (AvgIpc) is 2.37. The first-order chi connectivity index (χ1) is 8.93. The molecule has 0 spiro atoms. The fraction of sp³-hybridized carbons (Fsp3) is 0.0769. The second-order valence-corrected chi connectivity index (χ2v) is 3.71. The summed E-state index contributed by atoms with van der Waals surface area (Å²) in [7, 11) is 0. The summed E-state index contributed by atoms with van der Waals surface area (Å²) >= 11 is 0. The summed E-state index contributed by atoms with van der Waals surface area (Å²) in [5.41, 5.74) is -1.52. The van der Waals surface area contributed by atoms with E-state index in [1.54, 1.807) is 0 Å². The van der Waals surface area contributed by atoms with Crippen molar-refractivity contribution >= 4 is 0 Å². The van der Waals surface area contributed by atoms with Crippen molar-refractivity contribution in [3.05, 3.63) is 53.6 Å². The van der Waals surface area contributed by atoms with E-state index in [1.807, 2.05) is 0 Å². The van der Waals surface area contributed by atoms with Gasteiger partial charge in [-0.1, -0.05) is 18.2 Å². The fourth-order valence-corrected chi connectivity index (χ4v) is 1.65. The molecule has 0 saturated heterocycles. The molecule has 0 fully saturated rings. The number of alkyl halides is 3. The lowest BCUT2D eigenvalue weighted by atomic mass is 10.0. The van der Waals surface area contributed by atoms with Gasteiger partial charge >= 0.3 is 6.18 Å². The van der Waals surface area contributed by atoms with E-state index in [0.29, 0.717) is 0 Å². The molecule has 0 aliphatic rings. The summed E-state index contributed by atoms with van der Waals surface area (Å²) in [5, 5.41) is 8.53. The first-order valence-electron chi connectivity index (χ1n) is 5.15. The molecule has 0 unspecified atom stereocenters. The minimum Gasteiger partial charge on any atom is -0.242 e. The molecule has 0 saturated carbocycles. The Labute approximate surface area is 105 Å². The first kappa shape index (κ1) is 13.0. The molecule has 96 valence electrons. The average molecular weight is 266 g/mol. The Hall–Kier alpha value is -2.42. The van der Waals surface area contributed by atoms with Gasteiger partial charge < -0.3 is 0 Å². The molecular weight excluding hydrogens is 260 g/mol. The maximum atomic E-state index is 13.4. The highest BCUT2D eigenvalue weighted by Crippen LogP contribution is 2.36. The Bertz CT molecular complexity index is 656. The van der Waals surface area contributed by atoms with Gasteiger partial charge in [0.25, 0.3) is 0 Å². The zero-order valence-electron chi connectivity index (χ0n) is 9.37. The molecule has 0 bridgehead atoms. The van der Waals surface area contributed by atoms with Crippen molar-refractivity contribution in [3.8, 4) is 17.2 Å². The van der Waals surface area contributed by atoms with Crippen LogP contribution in [0.3, 0.4) is 0 Å². The van der Waals surface area contributed by atoms with Gasteiger partial charge in [-0.05, 0) is 17.7 Å². The van der Waals surface area contributed by atoms with Gasteiger partial charge in [0.15, 0.2) is 11.5 Å². The lowest BCUT2D eigenvalue weighted by Gasteiger charge is -2.12. The van der Waals surface area contributed by atoms with Crippen LogP contribution in [0, 0.1) is 17.1 Å². The molecule has 19 heavy (non-hydrogen) atoms. The molecule has 2 nitrogen and oxygen atoms in total. The minimum atomic E-state index is -4.54. The normalized spacial score (nSPS) is 11.1. The van der Waals surface area contributed by atoms with Gasteiger partial charge in [0, 0.05) is 11.8 Å². The molecule has 1 heterocycles. The Balaban J connectivity index is 2.61. The third-order valence-corrected chi connectivity index (χ3v) is 2.49. The molecule has 0 atom stereocenters. The van der Waals surface area contributed by atoms with Gasteiger partial charge in [0.05, 0.1) is 5.56 Å².